The average molecular weight is 369 g/mol. The number of pyridine rings is 1. The summed E-state index contributed by atoms with van der Waals surface area (Å²) in [7, 11) is -3.68. The van der Waals surface area contributed by atoms with Gasteiger partial charge in [-0.05, 0) is 59.7 Å². The molecule has 1 aromatic heterocycles. The fourth-order valence-corrected chi connectivity index (χ4v) is 3.60. The van der Waals surface area contributed by atoms with E-state index >= 15 is 0 Å². The minimum absolute atomic E-state index is 0.109. The molecule has 0 unspecified atom stereocenters. The predicted octanol–water partition coefficient (Wildman–Crippen LogP) is 4.13. The van der Waals surface area contributed by atoms with E-state index < -0.39 is 10.0 Å². The summed E-state index contributed by atoms with van der Waals surface area (Å²) in [6, 6.07) is 8.44. The predicted molar refractivity (Wildman–Crippen MR) is 92.7 cm³/mol. The molecule has 1 aliphatic rings. The van der Waals surface area contributed by atoms with Crippen LogP contribution in [0.1, 0.15) is 30.4 Å². The molecule has 120 valence electrons. The molecule has 0 aliphatic heterocycles. The van der Waals surface area contributed by atoms with Crippen molar-refractivity contribution in [1.29, 1.82) is 0 Å². The van der Waals surface area contributed by atoms with Crippen molar-refractivity contribution in [3.63, 3.8) is 0 Å². The molecule has 0 saturated carbocycles. The lowest BCUT2D eigenvalue weighted by Crippen LogP contribution is -2.11. The van der Waals surface area contributed by atoms with Gasteiger partial charge in [-0.1, -0.05) is 35.3 Å². The zero-order valence-corrected chi connectivity index (χ0v) is 14.4. The molecule has 23 heavy (non-hydrogen) atoms. The lowest BCUT2D eigenvalue weighted by atomic mass is 9.98. The van der Waals surface area contributed by atoms with E-state index in [1.54, 1.807) is 18.3 Å². The van der Waals surface area contributed by atoms with Crippen LogP contribution in [0.15, 0.2) is 41.4 Å². The summed E-state index contributed by atoms with van der Waals surface area (Å²) < 4.78 is 22.7. The Bertz CT molecular complexity index is 891. The summed E-state index contributed by atoms with van der Waals surface area (Å²) in [4.78, 5) is 4.21. The van der Waals surface area contributed by atoms with Gasteiger partial charge in [0.25, 0.3) is 0 Å². The zero-order valence-electron chi connectivity index (χ0n) is 12.1. The van der Waals surface area contributed by atoms with Gasteiger partial charge in [0.15, 0.2) is 0 Å². The van der Waals surface area contributed by atoms with Crippen molar-refractivity contribution in [3.05, 3.63) is 57.8 Å². The first-order valence-corrected chi connectivity index (χ1v) is 9.33. The van der Waals surface area contributed by atoms with Gasteiger partial charge < -0.3 is 0 Å². The minimum Gasteiger partial charge on any atom is -0.242 e. The molecule has 0 radical (unpaired) electrons. The summed E-state index contributed by atoms with van der Waals surface area (Å²) in [6.45, 7) is 0. The number of allylic oxidation sites excluding steroid dienone is 2. The Morgan fingerprint density at radius 2 is 1.61 bits per heavy atom. The molecule has 7 heteroatoms. The van der Waals surface area contributed by atoms with Gasteiger partial charge in [0, 0.05) is 6.20 Å². The van der Waals surface area contributed by atoms with Crippen molar-refractivity contribution in [2.24, 2.45) is 5.14 Å². The molecule has 0 spiro atoms. The van der Waals surface area contributed by atoms with Crippen LogP contribution in [-0.4, -0.2) is 13.4 Å². The molecular weight excluding hydrogens is 355 g/mol. The van der Waals surface area contributed by atoms with E-state index in [2.05, 4.69) is 4.98 Å². The van der Waals surface area contributed by atoms with Gasteiger partial charge in [0.1, 0.15) is 5.15 Å². The Hall–Kier alpha value is -1.40. The van der Waals surface area contributed by atoms with Crippen LogP contribution in [0, 0.1) is 0 Å². The zero-order chi connectivity index (χ0) is 16.6. The Kier molecular flexibility index (Phi) is 4.47. The van der Waals surface area contributed by atoms with Crippen molar-refractivity contribution in [1.82, 2.24) is 4.98 Å². The average Bonchev–Trinajstić information content (AvgIpc) is 2.99. The molecule has 0 saturated heterocycles. The number of nitrogens with zero attached hydrogens (tertiary/aromatic N) is 1. The fraction of sp³-hybridized carbons (Fsp3) is 0.188. The van der Waals surface area contributed by atoms with Crippen molar-refractivity contribution in [2.75, 3.05) is 0 Å². The molecule has 0 bridgehead atoms. The normalized spacial score (nSPS) is 15.3. The van der Waals surface area contributed by atoms with Crippen LogP contribution < -0.4 is 5.14 Å². The van der Waals surface area contributed by atoms with E-state index in [0.29, 0.717) is 5.02 Å². The van der Waals surface area contributed by atoms with E-state index in [4.69, 9.17) is 28.3 Å². The van der Waals surface area contributed by atoms with Gasteiger partial charge in [0.05, 0.1) is 9.92 Å². The number of nitrogens with two attached hydrogens (primary N) is 1. The summed E-state index contributed by atoms with van der Waals surface area (Å²) in [5.41, 5.74) is 4.27. The molecule has 1 aromatic carbocycles. The number of benzene rings is 1. The quantitative estimate of drug-likeness (QED) is 0.827. The third kappa shape index (κ3) is 3.43. The van der Waals surface area contributed by atoms with Crippen molar-refractivity contribution >= 4 is 44.4 Å². The molecule has 0 atom stereocenters. The SMILES string of the molecule is NS(=O)(=O)c1ccc(C2=C(c3cnc(Cl)c(Cl)c3)CCC2)cc1. The molecule has 3 rings (SSSR count). The molecular formula is C16H14Cl2N2O2S. The minimum atomic E-state index is -3.68. The number of primary sulfonamides is 1. The second-order valence-corrected chi connectivity index (χ2v) is 7.70. The third-order valence-corrected chi connectivity index (χ3v) is 5.51. The lowest BCUT2D eigenvalue weighted by Gasteiger charge is -2.09. The fourth-order valence-electron chi connectivity index (χ4n) is 2.81. The molecule has 4 nitrogen and oxygen atoms in total. The maximum absolute atomic E-state index is 11.4. The number of hydrogen-bond acceptors (Lipinski definition) is 3. The molecule has 1 heterocycles. The smallest absolute Gasteiger partial charge is 0.238 e. The van der Waals surface area contributed by atoms with Gasteiger partial charge >= 0.3 is 0 Å². The number of rotatable bonds is 3. The number of aromatic nitrogens is 1. The highest BCUT2D eigenvalue weighted by atomic mass is 35.5. The van der Waals surface area contributed by atoms with Crippen molar-refractivity contribution in [3.8, 4) is 0 Å². The van der Waals surface area contributed by atoms with E-state index in [1.807, 2.05) is 6.07 Å². The lowest BCUT2D eigenvalue weighted by molar-refractivity contribution is 0.598. The summed E-state index contributed by atoms with van der Waals surface area (Å²) in [5.74, 6) is 0. The number of sulfonamides is 1. The van der Waals surface area contributed by atoms with Crippen LogP contribution in [0.4, 0.5) is 0 Å². The van der Waals surface area contributed by atoms with Crippen LogP contribution in [0.2, 0.25) is 10.2 Å². The van der Waals surface area contributed by atoms with E-state index in [-0.39, 0.29) is 10.0 Å². The maximum Gasteiger partial charge on any atom is 0.238 e. The summed E-state index contributed by atoms with van der Waals surface area (Å²) in [6.07, 6.45) is 4.59. The van der Waals surface area contributed by atoms with Gasteiger partial charge in [-0.25, -0.2) is 18.5 Å². The highest BCUT2D eigenvalue weighted by Gasteiger charge is 2.19. The number of halogens is 2. The third-order valence-electron chi connectivity index (χ3n) is 3.89. The molecule has 0 amide bonds. The highest BCUT2D eigenvalue weighted by Crippen LogP contribution is 2.40. The molecule has 0 fully saturated rings. The summed E-state index contributed by atoms with van der Waals surface area (Å²) in [5, 5.41) is 5.84. The standard InChI is InChI=1S/C16H14Cl2N2O2S/c17-15-8-11(9-20-16(15)18)14-3-1-2-13(14)10-4-6-12(7-5-10)23(19,21)22/h4-9H,1-3H2,(H2,19,21,22). The molecule has 1 aliphatic carbocycles. The molecule has 2 aromatic rings. The monoisotopic (exact) mass is 368 g/mol. The Morgan fingerprint density at radius 3 is 2.17 bits per heavy atom. The van der Waals surface area contributed by atoms with Crippen LogP contribution in [0.25, 0.3) is 11.1 Å². The van der Waals surface area contributed by atoms with Crippen molar-refractivity contribution in [2.45, 2.75) is 24.2 Å². The topological polar surface area (TPSA) is 73.1 Å². The van der Waals surface area contributed by atoms with Crippen LogP contribution >= 0.6 is 23.2 Å². The van der Waals surface area contributed by atoms with Gasteiger partial charge in [-0.3, -0.25) is 0 Å². The Morgan fingerprint density at radius 1 is 1.00 bits per heavy atom. The first-order valence-electron chi connectivity index (χ1n) is 7.03. The van der Waals surface area contributed by atoms with Crippen LogP contribution in [0.5, 0.6) is 0 Å². The maximum atomic E-state index is 11.4. The van der Waals surface area contributed by atoms with Crippen molar-refractivity contribution < 1.29 is 8.42 Å². The Balaban J connectivity index is 2.04. The highest BCUT2D eigenvalue weighted by molar-refractivity contribution is 7.89. The first kappa shape index (κ1) is 16.5. The van der Waals surface area contributed by atoms with Gasteiger partial charge in [-0.15, -0.1) is 0 Å². The molecule has 2 N–H and O–H groups in total. The largest absolute Gasteiger partial charge is 0.242 e. The van der Waals surface area contributed by atoms with Crippen LogP contribution in [0.3, 0.4) is 0 Å². The van der Waals surface area contributed by atoms with Gasteiger partial charge in [0.2, 0.25) is 10.0 Å². The second-order valence-electron chi connectivity index (χ2n) is 5.38. The Labute approximate surface area is 145 Å². The number of hydrogen-bond donors (Lipinski definition) is 1. The second kappa shape index (κ2) is 6.24. The van der Waals surface area contributed by atoms with Gasteiger partial charge in [-0.2, -0.15) is 0 Å². The van der Waals surface area contributed by atoms with E-state index in [1.165, 1.54) is 23.3 Å². The van der Waals surface area contributed by atoms with E-state index in [0.717, 1.165) is 30.4 Å². The summed E-state index contributed by atoms with van der Waals surface area (Å²) >= 11 is 11.9. The first-order chi connectivity index (χ1) is 10.9. The van der Waals surface area contributed by atoms with E-state index in [9.17, 15) is 8.42 Å². The van der Waals surface area contributed by atoms with Crippen LogP contribution in [-0.2, 0) is 10.0 Å².